The van der Waals surface area contributed by atoms with E-state index in [9.17, 15) is 4.79 Å². The van der Waals surface area contributed by atoms with Crippen LogP contribution in [0.5, 0.6) is 11.5 Å². The highest BCUT2D eigenvalue weighted by atomic mass is 32.1. The molecule has 0 atom stereocenters. The van der Waals surface area contributed by atoms with Crippen LogP contribution < -0.4 is 9.47 Å². The predicted molar refractivity (Wildman–Crippen MR) is 109 cm³/mol. The zero-order valence-electron chi connectivity index (χ0n) is 16.7. The van der Waals surface area contributed by atoms with Gasteiger partial charge in [-0.3, -0.25) is 4.79 Å². The Labute approximate surface area is 161 Å². The first-order valence-corrected chi connectivity index (χ1v) is 10.0. The average molecular weight is 375 g/mol. The van der Waals surface area contributed by atoms with Gasteiger partial charge in [-0.15, -0.1) is 11.3 Å². The molecule has 0 aliphatic carbocycles. The Balaban J connectivity index is 2.34. The molecule has 0 bridgehead atoms. The van der Waals surface area contributed by atoms with E-state index in [1.807, 2.05) is 26.8 Å². The Morgan fingerprint density at radius 1 is 1.08 bits per heavy atom. The lowest BCUT2D eigenvalue weighted by Crippen LogP contribution is -2.26. The van der Waals surface area contributed by atoms with Crippen molar-refractivity contribution >= 4 is 17.1 Å². The molecule has 1 aromatic carbocycles. The third kappa shape index (κ3) is 4.12. The first-order valence-electron chi connectivity index (χ1n) is 9.17. The smallest absolute Gasteiger partial charge is 0.175 e. The Hall–Kier alpha value is -1.81. The van der Waals surface area contributed by atoms with Crippen molar-refractivity contribution in [1.82, 2.24) is 0 Å². The van der Waals surface area contributed by atoms with Crippen LogP contribution in [0.3, 0.4) is 0 Å². The number of benzene rings is 1. The van der Waals surface area contributed by atoms with Crippen molar-refractivity contribution in [1.29, 1.82) is 0 Å². The normalized spacial score (nSPS) is 12.1. The van der Waals surface area contributed by atoms with Gasteiger partial charge in [0.05, 0.1) is 7.11 Å². The van der Waals surface area contributed by atoms with E-state index in [4.69, 9.17) is 9.47 Å². The van der Waals surface area contributed by atoms with E-state index in [1.54, 1.807) is 18.4 Å². The molecule has 0 unspecified atom stereocenters. The first kappa shape index (κ1) is 20.5. The number of Topliss-reactive ketones (excluding diaryl/α,β-unsaturated/α-hetero) is 1. The van der Waals surface area contributed by atoms with Crippen LogP contribution in [-0.4, -0.2) is 19.5 Å². The van der Waals surface area contributed by atoms with Gasteiger partial charge in [0.2, 0.25) is 0 Å². The Bertz CT molecular complexity index is 722. The monoisotopic (exact) mass is 374 g/mol. The van der Waals surface area contributed by atoms with Gasteiger partial charge in [-0.25, -0.2) is 0 Å². The number of hydrogen-bond acceptors (Lipinski definition) is 4. The topological polar surface area (TPSA) is 35.5 Å². The number of ketones is 1. The lowest BCUT2D eigenvalue weighted by molar-refractivity contribution is -0.128. The molecule has 2 rings (SSSR count). The van der Waals surface area contributed by atoms with E-state index in [0.717, 1.165) is 12.8 Å². The summed E-state index contributed by atoms with van der Waals surface area (Å²) in [6.07, 6.45) is 2.02. The summed E-state index contributed by atoms with van der Waals surface area (Å²) in [5.41, 5.74) is 0.781. The predicted octanol–water partition coefficient (Wildman–Crippen LogP) is 5.86. The summed E-state index contributed by atoms with van der Waals surface area (Å²) in [4.78, 5) is 13.5. The van der Waals surface area contributed by atoms with E-state index in [-0.39, 0.29) is 17.8 Å². The summed E-state index contributed by atoms with van der Waals surface area (Å²) >= 11 is 1.79. The Kier molecular flexibility index (Phi) is 6.51. The largest absolute Gasteiger partial charge is 0.493 e. The SMILES string of the molecule is CCC(CC)(c1ccc(OCC(=O)C(C)(C)C)c(OC)c1)c1cccs1. The molecule has 1 heterocycles. The van der Waals surface area contributed by atoms with Gasteiger partial charge >= 0.3 is 0 Å². The standard InChI is InChI=1S/C22H30O3S/c1-7-22(8-2,20-10-9-13-26-20)16-11-12-17(18(14-16)24-6)25-15-19(23)21(3,4)5/h9-14H,7-8,15H2,1-6H3. The van der Waals surface area contributed by atoms with Gasteiger partial charge in [-0.2, -0.15) is 0 Å². The molecule has 0 aliphatic rings. The third-order valence-electron chi connectivity index (χ3n) is 5.11. The number of methoxy groups -OCH3 is 1. The zero-order valence-corrected chi connectivity index (χ0v) is 17.5. The quantitative estimate of drug-likeness (QED) is 0.581. The van der Waals surface area contributed by atoms with Crippen LogP contribution in [0.2, 0.25) is 0 Å². The van der Waals surface area contributed by atoms with E-state index < -0.39 is 5.41 Å². The van der Waals surface area contributed by atoms with E-state index in [0.29, 0.717) is 11.5 Å². The van der Waals surface area contributed by atoms with Gasteiger partial charge < -0.3 is 9.47 Å². The summed E-state index contributed by atoms with van der Waals surface area (Å²) < 4.78 is 11.3. The van der Waals surface area contributed by atoms with Crippen molar-refractivity contribution in [2.24, 2.45) is 5.41 Å². The summed E-state index contributed by atoms with van der Waals surface area (Å²) in [6, 6.07) is 10.4. The molecule has 4 heteroatoms. The van der Waals surface area contributed by atoms with Crippen molar-refractivity contribution in [3.05, 3.63) is 46.2 Å². The van der Waals surface area contributed by atoms with Crippen LogP contribution in [-0.2, 0) is 10.2 Å². The number of ether oxygens (including phenoxy) is 2. The molecule has 3 nitrogen and oxygen atoms in total. The van der Waals surface area contributed by atoms with Gasteiger partial charge in [-0.1, -0.05) is 46.8 Å². The number of carbonyl (C=O) groups is 1. The molecule has 0 amide bonds. The molecule has 0 spiro atoms. The molecule has 0 radical (unpaired) electrons. The molecule has 142 valence electrons. The number of rotatable bonds is 8. The van der Waals surface area contributed by atoms with Crippen LogP contribution in [0.1, 0.15) is 57.9 Å². The minimum atomic E-state index is -0.411. The highest BCUT2D eigenvalue weighted by molar-refractivity contribution is 7.10. The van der Waals surface area contributed by atoms with E-state index in [1.165, 1.54) is 10.4 Å². The van der Waals surface area contributed by atoms with Crippen LogP contribution in [0.15, 0.2) is 35.7 Å². The average Bonchev–Trinajstić information content (AvgIpc) is 3.15. The van der Waals surface area contributed by atoms with Gasteiger partial charge in [0, 0.05) is 15.7 Å². The summed E-state index contributed by atoms with van der Waals surface area (Å²) in [5.74, 6) is 1.35. The Morgan fingerprint density at radius 3 is 2.27 bits per heavy atom. The fraction of sp³-hybridized carbons (Fsp3) is 0.500. The summed E-state index contributed by atoms with van der Waals surface area (Å²) in [7, 11) is 1.64. The van der Waals surface area contributed by atoms with Gasteiger partial charge in [0.15, 0.2) is 17.3 Å². The molecule has 0 fully saturated rings. The highest BCUT2D eigenvalue weighted by Crippen LogP contribution is 2.43. The van der Waals surface area contributed by atoms with Crippen molar-refractivity contribution < 1.29 is 14.3 Å². The van der Waals surface area contributed by atoms with Gasteiger partial charge in [-0.05, 0) is 42.0 Å². The Morgan fingerprint density at radius 2 is 1.77 bits per heavy atom. The molecule has 0 saturated carbocycles. The van der Waals surface area contributed by atoms with Crippen LogP contribution in [0.25, 0.3) is 0 Å². The van der Waals surface area contributed by atoms with Crippen molar-refractivity contribution in [2.75, 3.05) is 13.7 Å². The third-order valence-corrected chi connectivity index (χ3v) is 6.19. The van der Waals surface area contributed by atoms with Gasteiger partial charge in [0.25, 0.3) is 0 Å². The zero-order chi connectivity index (χ0) is 19.4. The number of hydrogen-bond donors (Lipinski definition) is 0. The van der Waals surface area contributed by atoms with Crippen molar-refractivity contribution in [2.45, 2.75) is 52.9 Å². The molecule has 0 saturated heterocycles. The van der Waals surface area contributed by atoms with Gasteiger partial charge in [0.1, 0.15) is 6.61 Å². The minimum Gasteiger partial charge on any atom is -0.493 e. The second-order valence-corrected chi connectivity index (χ2v) is 8.54. The maximum atomic E-state index is 12.1. The van der Waals surface area contributed by atoms with E-state index in [2.05, 4.69) is 43.5 Å². The second kappa shape index (κ2) is 8.26. The molecule has 26 heavy (non-hydrogen) atoms. The highest BCUT2D eigenvalue weighted by Gasteiger charge is 2.32. The maximum absolute atomic E-state index is 12.1. The van der Waals surface area contributed by atoms with Crippen LogP contribution in [0.4, 0.5) is 0 Å². The molecule has 2 aromatic rings. The molecular formula is C22H30O3S. The van der Waals surface area contributed by atoms with E-state index >= 15 is 0 Å². The first-order chi connectivity index (χ1) is 12.3. The number of thiophene rings is 1. The molecule has 0 aliphatic heterocycles. The van der Waals surface area contributed by atoms with Crippen molar-refractivity contribution in [3.63, 3.8) is 0 Å². The second-order valence-electron chi connectivity index (χ2n) is 7.59. The molecular weight excluding hydrogens is 344 g/mol. The lowest BCUT2D eigenvalue weighted by atomic mass is 9.74. The molecule has 0 N–H and O–H groups in total. The molecule has 1 aromatic heterocycles. The number of carbonyl (C=O) groups excluding carboxylic acids is 1. The summed E-state index contributed by atoms with van der Waals surface area (Å²) in [5, 5.41) is 2.13. The lowest BCUT2D eigenvalue weighted by Gasteiger charge is -2.32. The fourth-order valence-electron chi connectivity index (χ4n) is 3.14. The maximum Gasteiger partial charge on any atom is 0.175 e. The van der Waals surface area contributed by atoms with Crippen LogP contribution >= 0.6 is 11.3 Å². The van der Waals surface area contributed by atoms with Crippen molar-refractivity contribution in [3.8, 4) is 11.5 Å². The summed E-state index contributed by atoms with van der Waals surface area (Å²) in [6.45, 7) is 10.2. The van der Waals surface area contributed by atoms with Crippen LogP contribution in [0, 0.1) is 5.41 Å². The fourth-order valence-corrected chi connectivity index (χ4v) is 4.24. The minimum absolute atomic E-state index is 0.0266.